The lowest BCUT2D eigenvalue weighted by atomic mass is 10.3. The number of aliphatic hydroxyl groups is 1. The van der Waals surface area contributed by atoms with Crippen molar-refractivity contribution in [1.82, 2.24) is 9.38 Å². The Bertz CT molecular complexity index is 410. The molecule has 0 atom stereocenters. The summed E-state index contributed by atoms with van der Waals surface area (Å²) in [4.78, 5) is 4.06. The van der Waals surface area contributed by atoms with E-state index in [0.717, 1.165) is 11.2 Å². The minimum Gasteiger partial charge on any atom is -0.392 e. The Kier molecular flexibility index (Phi) is 1.75. The van der Waals surface area contributed by atoms with Gasteiger partial charge in [-0.3, -0.25) is 4.40 Å². The summed E-state index contributed by atoms with van der Waals surface area (Å²) in [5, 5.41) is 9.43. The summed E-state index contributed by atoms with van der Waals surface area (Å²) in [5.41, 5.74) is 1.53. The largest absolute Gasteiger partial charge is 0.392 e. The average molecular weight is 183 g/mol. The van der Waals surface area contributed by atoms with Crippen LogP contribution in [0.2, 0.25) is 5.15 Å². The lowest BCUT2D eigenvalue weighted by Crippen LogP contribution is -1.90. The van der Waals surface area contributed by atoms with Gasteiger partial charge in [0.05, 0.1) is 6.61 Å². The van der Waals surface area contributed by atoms with Crippen molar-refractivity contribution in [3.8, 4) is 0 Å². The Balaban J connectivity index is 2.75. The molecule has 0 aliphatic carbocycles. The molecular weight excluding hydrogens is 176 g/mol. The van der Waals surface area contributed by atoms with Crippen LogP contribution in [0.3, 0.4) is 0 Å². The van der Waals surface area contributed by atoms with E-state index in [-0.39, 0.29) is 6.61 Å². The third kappa shape index (κ3) is 1.07. The quantitative estimate of drug-likeness (QED) is 0.679. The van der Waals surface area contributed by atoms with E-state index in [9.17, 15) is 0 Å². The Hall–Kier alpha value is -1.06. The van der Waals surface area contributed by atoms with Crippen molar-refractivity contribution < 1.29 is 5.11 Å². The highest BCUT2D eigenvalue weighted by Crippen LogP contribution is 2.14. The van der Waals surface area contributed by atoms with Crippen molar-refractivity contribution >= 4 is 17.2 Å². The third-order valence-electron chi connectivity index (χ3n) is 1.70. The first kappa shape index (κ1) is 7.58. The molecule has 2 heterocycles. The Labute approximate surface area is 74.2 Å². The van der Waals surface area contributed by atoms with Crippen molar-refractivity contribution in [1.29, 1.82) is 0 Å². The second kappa shape index (κ2) is 2.77. The zero-order chi connectivity index (χ0) is 8.55. The Morgan fingerprint density at radius 3 is 3.08 bits per heavy atom. The van der Waals surface area contributed by atoms with Crippen LogP contribution in [0, 0.1) is 0 Å². The second-order valence-electron chi connectivity index (χ2n) is 2.50. The zero-order valence-electron chi connectivity index (χ0n) is 6.24. The third-order valence-corrected chi connectivity index (χ3v) is 1.99. The van der Waals surface area contributed by atoms with Gasteiger partial charge in [0.25, 0.3) is 0 Å². The van der Waals surface area contributed by atoms with E-state index >= 15 is 0 Å². The molecule has 0 fully saturated rings. The molecule has 0 bridgehead atoms. The molecule has 4 heteroatoms. The fraction of sp³-hybridized carbons (Fsp3) is 0.125. The molecule has 0 amide bonds. The van der Waals surface area contributed by atoms with Crippen LogP contribution >= 0.6 is 11.6 Å². The van der Waals surface area contributed by atoms with Gasteiger partial charge in [-0.2, -0.15) is 0 Å². The van der Waals surface area contributed by atoms with Gasteiger partial charge >= 0.3 is 0 Å². The maximum Gasteiger partial charge on any atom is 0.138 e. The van der Waals surface area contributed by atoms with E-state index in [4.69, 9.17) is 16.7 Å². The van der Waals surface area contributed by atoms with Crippen molar-refractivity contribution in [2.75, 3.05) is 0 Å². The number of halogens is 1. The van der Waals surface area contributed by atoms with Crippen molar-refractivity contribution in [3.63, 3.8) is 0 Å². The SMILES string of the molecule is OCc1cc(Cl)n2ccnc2c1. The van der Waals surface area contributed by atoms with Crippen LogP contribution in [0.1, 0.15) is 5.56 Å². The molecule has 0 saturated heterocycles. The summed E-state index contributed by atoms with van der Waals surface area (Å²) < 4.78 is 1.75. The molecule has 0 aliphatic heterocycles. The van der Waals surface area contributed by atoms with Crippen molar-refractivity contribution in [2.45, 2.75) is 6.61 Å². The lowest BCUT2D eigenvalue weighted by Gasteiger charge is -2.00. The topological polar surface area (TPSA) is 37.5 Å². The number of pyridine rings is 1. The van der Waals surface area contributed by atoms with Crippen molar-refractivity contribution in [2.24, 2.45) is 0 Å². The monoisotopic (exact) mass is 182 g/mol. The molecule has 1 N–H and O–H groups in total. The molecule has 62 valence electrons. The van der Waals surface area contributed by atoms with E-state index in [1.54, 1.807) is 28.9 Å². The predicted octanol–water partition coefficient (Wildman–Crippen LogP) is 1.48. The molecule has 0 unspecified atom stereocenters. The van der Waals surface area contributed by atoms with Crippen LogP contribution in [0.4, 0.5) is 0 Å². The van der Waals surface area contributed by atoms with Crippen LogP contribution in [-0.2, 0) is 6.61 Å². The maximum atomic E-state index is 8.86. The van der Waals surface area contributed by atoms with Crippen LogP contribution in [-0.4, -0.2) is 14.5 Å². The molecular formula is C8H7ClN2O. The second-order valence-corrected chi connectivity index (χ2v) is 2.89. The highest BCUT2D eigenvalue weighted by molar-refractivity contribution is 6.29. The van der Waals surface area contributed by atoms with Gasteiger partial charge in [-0.05, 0) is 17.7 Å². The molecule has 2 aromatic rings. The van der Waals surface area contributed by atoms with E-state index in [1.807, 2.05) is 0 Å². The summed E-state index contributed by atoms with van der Waals surface area (Å²) >= 11 is 5.89. The average Bonchev–Trinajstić information content (AvgIpc) is 2.52. The van der Waals surface area contributed by atoms with Gasteiger partial charge in [0.15, 0.2) is 0 Å². The molecule has 0 spiro atoms. The summed E-state index contributed by atoms with van der Waals surface area (Å²) in [6, 6.07) is 3.52. The van der Waals surface area contributed by atoms with E-state index in [1.165, 1.54) is 0 Å². The summed E-state index contributed by atoms with van der Waals surface area (Å²) in [6.07, 6.45) is 3.45. The molecule has 12 heavy (non-hydrogen) atoms. The normalized spacial score (nSPS) is 10.8. The maximum absolute atomic E-state index is 8.86. The molecule has 0 aromatic carbocycles. The number of imidazole rings is 1. The fourth-order valence-electron chi connectivity index (χ4n) is 1.12. The lowest BCUT2D eigenvalue weighted by molar-refractivity contribution is 0.282. The minimum absolute atomic E-state index is 0.0108. The van der Waals surface area contributed by atoms with E-state index in [2.05, 4.69) is 4.98 Å². The van der Waals surface area contributed by atoms with Gasteiger partial charge in [-0.15, -0.1) is 0 Å². The first-order valence-corrected chi connectivity index (χ1v) is 3.91. The van der Waals surface area contributed by atoms with E-state index in [0.29, 0.717) is 5.15 Å². The minimum atomic E-state index is -0.0108. The van der Waals surface area contributed by atoms with Crippen LogP contribution in [0.5, 0.6) is 0 Å². The fourth-order valence-corrected chi connectivity index (χ4v) is 1.41. The molecule has 0 aliphatic rings. The van der Waals surface area contributed by atoms with Gasteiger partial charge in [-0.1, -0.05) is 11.6 Å². The summed E-state index contributed by atoms with van der Waals surface area (Å²) in [7, 11) is 0. The molecule has 3 nitrogen and oxygen atoms in total. The standard InChI is InChI=1S/C8H7ClN2O/c9-7-3-6(5-12)4-8-10-1-2-11(7)8/h1-4,12H,5H2. The molecule has 0 radical (unpaired) electrons. The van der Waals surface area contributed by atoms with Gasteiger partial charge in [-0.25, -0.2) is 4.98 Å². The van der Waals surface area contributed by atoms with Crippen LogP contribution < -0.4 is 0 Å². The zero-order valence-corrected chi connectivity index (χ0v) is 6.99. The van der Waals surface area contributed by atoms with Gasteiger partial charge < -0.3 is 5.11 Å². The van der Waals surface area contributed by atoms with Crippen LogP contribution in [0.25, 0.3) is 5.65 Å². The number of aliphatic hydroxyl groups excluding tert-OH is 1. The van der Waals surface area contributed by atoms with Crippen molar-refractivity contribution in [3.05, 3.63) is 35.2 Å². The summed E-state index contributed by atoms with van der Waals surface area (Å²) in [5.74, 6) is 0. The Morgan fingerprint density at radius 2 is 2.33 bits per heavy atom. The summed E-state index contributed by atoms with van der Waals surface area (Å²) in [6.45, 7) is -0.0108. The predicted molar refractivity (Wildman–Crippen MR) is 46.1 cm³/mol. The van der Waals surface area contributed by atoms with Gasteiger partial charge in [0.2, 0.25) is 0 Å². The molecule has 0 saturated carbocycles. The number of fused-ring (bicyclic) bond motifs is 1. The number of rotatable bonds is 1. The smallest absolute Gasteiger partial charge is 0.138 e. The first-order chi connectivity index (χ1) is 5.81. The number of nitrogens with zero attached hydrogens (tertiary/aromatic N) is 2. The first-order valence-electron chi connectivity index (χ1n) is 3.53. The molecule has 2 rings (SSSR count). The van der Waals surface area contributed by atoms with Crippen LogP contribution in [0.15, 0.2) is 24.5 Å². The van der Waals surface area contributed by atoms with E-state index < -0.39 is 0 Å². The number of aromatic nitrogens is 2. The number of hydrogen-bond acceptors (Lipinski definition) is 2. The molecule has 2 aromatic heterocycles. The highest BCUT2D eigenvalue weighted by atomic mass is 35.5. The highest BCUT2D eigenvalue weighted by Gasteiger charge is 2.00. The number of hydrogen-bond donors (Lipinski definition) is 1. The van der Waals surface area contributed by atoms with Gasteiger partial charge in [0, 0.05) is 12.4 Å². The Morgan fingerprint density at radius 1 is 1.50 bits per heavy atom. The van der Waals surface area contributed by atoms with Gasteiger partial charge in [0.1, 0.15) is 10.8 Å².